The van der Waals surface area contributed by atoms with Crippen LogP contribution in [-0.2, 0) is 0 Å². The van der Waals surface area contributed by atoms with E-state index in [0.29, 0.717) is 12.1 Å². The molecule has 0 amide bonds. The van der Waals surface area contributed by atoms with Crippen LogP contribution in [0.3, 0.4) is 0 Å². The lowest BCUT2D eigenvalue weighted by atomic mass is 9.87. The van der Waals surface area contributed by atoms with Gasteiger partial charge in [-0.2, -0.15) is 0 Å². The van der Waals surface area contributed by atoms with Crippen LogP contribution < -0.4 is 5.32 Å². The van der Waals surface area contributed by atoms with E-state index >= 15 is 0 Å². The largest absolute Gasteiger partial charge is 0.388 e. The van der Waals surface area contributed by atoms with Crippen LogP contribution in [0.15, 0.2) is 17.5 Å². The first-order chi connectivity index (χ1) is 8.65. The number of rotatable bonds is 5. The van der Waals surface area contributed by atoms with Crippen LogP contribution in [-0.4, -0.2) is 17.2 Å². The van der Waals surface area contributed by atoms with Crippen molar-refractivity contribution >= 4 is 11.3 Å². The first-order valence-corrected chi connectivity index (χ1v) is 8.00. The predicted molar refractivity (Wildman–Crippen MR) is 77.9 cm³/mol. The maximum atomic E-state index is 10.1. The van der Waals surface area contributed by atoms with Crippen LogP contribution in [0.25, 0.3) is 0 Å². The first kappa shape index (κ1) is 14.0. The highest BCUT2D eigenvalue weighted by atomic mass is 32.1. The third kappa shape index (κ3) is 4.08. The minimum atomic E-state index is -0.310. The molecule has 2 rings (SSSR count). The average molecular weight is 267 g/mol. The van der Waals surface area contributed by atoms with Gasteiger partial charge in [0.1, 0.15) is 0 Å². The second kappa shape index (κ2) is 6.69. The number of thiophene rings is 1. The van der Waals surface area contributed by atoms with Gasteiger partial charge in [0.2, 0.25) is 0 Å². The fourth-order valence-corrected chi connectivity index (χ4v) is 3.55. The molecule has 1 fully saturated rings. The zero-order valence-electron chi connectivity index (χ0n) is 11.4. The summed E-state index contributed by atoms with van der Waals surface area (Å²) in [6.45, 7) is 4.54. The highest BCUT2D eigenvalue weighted by molar-refractivity contribution is 7.10. The summed E-state index contributed by atoms with van der Waals surface area (Å²) < 4.78 is 0. The van der Waals surface area contributed by atoms with Gasteiger partial charge in [-0.05, 0) is 56.4 Å². The van der Waals surface area contributed by atoms with E-state index in [9.17, 15) is 5.11 Å². The molecule has 0 bridgehead atoms. The van der Waals surface area contributed by atoms with Gasteiger partial charge in [0.15, 0.2) is 0 Å². The standard InChI is InChI=1S/C15H25NOS/c1-11-5-7-13(8-6-11)16-12(2)10-14(17)15-4-3-9-18-15/h3-4,9,11-14,16-17H,5-8,10H2,1-2H3. The molecule has 102 valence electrons. The van der Waals surface area contributed by atoms with Gasteiger partial charge in [-0.3, -0.25) is 0 Å². The minimum absolute atomic E-state index is 0.310. The van der Waals surface area contributed by atoms with Crippen molar-refractivity contribution in [1.29, 1.82) is 0 Å². The summed E-state index contributed by atoms with van der Waals surface area (Å²) in [4.78, 5) is 1.08. The Morgan fingerprint density at radius 1 is 1.39 bits per heavy atom. The van der Waals surface area contributed by atoms with Crippen LogP contribution in [0.5, 0.6) is 0 Å². The van der Waals surface area contributed by atoms with Crippen LogP contribution in [0.4, 0.5) is 0 Å². The second-order valence-electron chi connectivity index (χ2n) is 5.79. The lowest BCUT2D eigenvalue weighted by Gasteiger charge is -2.30. The molecule has 3 heteroatoms. The summed E-state index contributed by atoms with van der Waals surface area (Å²) in [5, 5.41) is 15.8. The number of hydrogen-bond donors (Lipinski definition) is 2. The van der Waals surface area contributed by atoms with Gasteiger partial charge in [-0.1, -0.05) is 13.0 Å². The fourth-order valence-electron chi connectivity index (χ4n) is 2.83. The number of nitrogens with one attached hydrogen (secondary N) is 1. The summed E-state index contributed by atoms with van der Waals surface area (Å²) in [6, 6.07) is 5.07. The zero-order valence-corrected chi connectivity index (χ0v) is 12.2. The highest BCUT2D eigenvalue weighted by Crippen LogP contribution is 2.26. The van der Waals surface area contributed by atoms with E-state index in [2.05, 4.69) is 19.2 Å². The Hall–Kier alpha value is -0.380. The third-order valence-electron chi connectivity index (χ3n) is 3.98. The smallest absolute Gasteiger partial charge is 0.0896 e. The Labute approximate surface area is 114 Å². The Morgan fingerprint density at radius 3 is 2.72 bits per heavy atom. The van der Waals surface area contributed by atoms with E-state index in [0.717, 1.165) is 17.2 Å². The molecular formula is C15H25NOS. The molecule has 18 heavy (non-hydrogen) atoms. The van der Waals surface area contributed by atoms with Gasteiger partial charge in [-0.25, -0.2) is 0 Å². The summed E-state index contributed by atoms with van der Waals surface area (Å²) in [5.41, 5.74) is 0. The molecule has 1 aliphatic rings. The van der Waals surface area contributed by atoms with Crippen molar-refractivity contribution in [3.63, 3.8) is 0 Å². The van der Waals surface area contributed by atoms with Crippen molar-refractivity contribution in [3.8, 4) is 0 Å². The SMILES string of the molecule is CC1CCC(NC(C)CC(O)c2cccs2)CC1. The molecule has 1 aromatic heterocycles. The van der Waals surface area contributed by atoms with Gasteiger partial charge in [0.05, 0.1) is 6.10 Å². The van der Waals surface area contributed by atoms with Gasteiger partial charge in [-0.15, -0.1) is 11.3 Å². The van der Waals surface area contributed by atoms with Crippen molar-refractivity contribution < 1.29 is 5.11 Å². The van der Waals surface area contributed by atoms with Gasteiger partial charge in [0.25, 0.3) is 0 Å². The van der Waals surface area contributed by atoms with E-state index < -0.39 is 0 Å². The third-order valence-corrected chi connectivity index (χ3v) is 4.96. The maximum absolute atomic E-state index is 10.1. The lowest BCUT2D eigenvalue weighted by molar-refractivity contribution is 0.151. The van der Waals surface area contributed by atoms with Crippen molar-refractivity contribution in [3.05, 3.63) is 22.4 Å². The second-order valence-corrected chi connectivity index (χ2v) is 6.77. The number of hydrogen-bond acceptors (Lipinski definition) is 3. The van der Waals surface area contributed by atoms with E-state index in [-0.39, 0.29) is 6.10 Å². The molecule has 0 aromatic carbocycles. The van der Waals surface area contributed by atoms with Gasteiger partial charge >= 0.3 is 0 Å². The van der Waals surface area contributed by atoms with E-state index in [4.69, 9.17) is 0 Å². The van der Waals surface area contributed by atoms with Crippen LogP contribution in [0.1, 0.15) is 56.9 Å². The molecule has 0 spiro atoms. The Balaban J connectivity index is 1.73. The first-order valence-electron chi connectivity index (χ1n) is 7.12. The van der Waals surface area contributed by atoms with Crippen LogP contribution in [0.2, 0.25) is 0 Å². The summed E-state index contributed by atoms with van der Waals surface area (Å²) in [6.07, 6.45) is 5.78. The molecule has 2 unspecified atom stereocenters. The molecule has 0 aliphatic heterocycles. The lowest BCUT2D eigenvalue weighted by Crippen LogP contribution is -2.39. The zero-order chi connectivity index (χ0) is 13.0. The van der Waals surface area contributed by atoms with E-state index in [1.807, 2.05) is 17.5 Å². The number of aliphatic hydroxyl groups is 1. The van der Waals surface area contributed by atoms with Crippen molar-refractivity contribution in [2.75, 3.05) is 0 Å². The quantitative estimate of drug-likeness (QED) is 0.852. The molecule has 2 atom stereocenters. The minimum Gasteiger partial charge on any atom is -0.388 e. The molecule has 1 aromatic rings. The van der Waals surface area contributed by atoms with Gasteiger partial charge < -0.3 is 10.4 Å². The Kier molecular flexibility index (Phi) is 5.22. The Bertz CT molecular complexity index is 330. The van der Waals surface area contributed by atoms with Crippen LogP contribution in [0, 0.1) is 5.92 Å². The average Bonchev–Trinajstić information content (AvgIpc) is 2.85. The molecule has 2 nitrogen and oxygen atoms in total. The molecule has 0 saturated heterocycles. The molecule has 0 radical (unpaired) electrons. The summed E-state index contributed by atoms with van der Waals surface area (Å²) in [5.74, 6) is 0.898. The maximum Gasteiger partial charge on any atom is 0.0896 e. The van der Waals surface area contributed by atoms with Crippen LogP contribution >= 0.6 is 11.3 Å². The molecule has 1 aliphatic carbocycles. The monoisotopic (exact) mass is 267 g/mol. The summed E-state index contributed by atoms with van der Waals surface area (Å²) in [7, 11) is 0. The fraction of sp³-hybridized carbons (Fsp3) is 0.733. The van der Waals surface area contributed by atoms with Gasteiger partial charge in [0, 0.05) is 17.0 Å². The van der Waals surface area contributed by atoms with E-state index in [1.165, 1.54) is 25.7 Å². The highest BCUT2D eigenvalue weighted by Gasteiger charge is 2.21. The van der Waals surface area contributed by atoms with Crippen molar-refractivity contribution in [1.82, 2.24) is 5.32 Å². The Morgan fingerprint density at radius 2 is 2.11 bits per heavy atom. The van der Waals surface area contributed by atoms with E-state index in [1.54, 1.807) is 11.3 Å². The molecule has 1 heterocycles. The normalized spacial score (nSPS) is 27.9. The summed E-state index contributed by atoms with van der Waals surface area (Å²) >= 11 is 1.64. The topological polar surface area (TPSA) is 32.3 Å². The molecule has 1 saturated carbocycles. The molecule has 2 N–H and O–H groups in total. The van der Waals surface area contributed by atoms with Crippen molar-refractivity contribution in [2.45, 2.75) is 64.1 Å². The van der Waals surface area contributed by atoms with Crippen molar-refractivity contribution in [2.24, 2.45) is 5.92 Å². The number of aliphatic hydroxyl groups excluding tert-OH is 1. The molecular weight excluding hydrogens is 242 g/mol. The predicted octanol–water partition coefficient (Wildman–Crippen LogP) is 3.73.